The summed E-state index contributed by atoms with van der Waals surface area (Å²) in [7, 11) is 4.54. The van der Waals surface area contributed by atoms with Crippen molar-refractivity contribution in [3.05, 3.63) is 66.5 Å². The van der Waals surface area contributed by atoms with Crippen molar-refractivity contribution in [2.24, 2.45) is 0 Å². The number of hydrogen-bond donors (Lipinski definition) is 0. The minimum absolute atomic E-state index is 0.398. The van der Waals surface area contributed by atoms with E-state index >= 15 is 0 Å². The molecule has 0 saturated carbocycles. The lowest BCUT2D eigenvalue weighted by molar-refractivity contribution is 0.180. The van der Waals surface area contributed by atoms with Crippen LogP contribution in [0.5, 0.6) is 5.88 Å². The van der Waals surface area contributed by atoms with Crippen LogP contribution in [0.1, 0.15) is 5.56 Å². The second-order valence-corrected chi connectivity index (χ2v) is 6.70. The van der Waals surface area contributed by atoms with E-state index < -0.39 is 6.09 Å². The van der Waals surface area contributed by atoms with Gasteiger partial charge in [0.05, 0.1) is 37.2 Å². The van der Waals surface area contributed by atoms with Crippen molar-refractivity contribution in [2.75, 3.05) is 26.2 Å². The third-order valence-electron chi connectivity index (χ3n) is 4.97. The molecular formula is C23H19N5O3. The number of hydrogen-bond acceptors (Lipinski definition) is 6. The maximum Gasteiger partial charge on any atom is 0.413 e. The summed E-state index contributed by atoms with van der Waals surface area (Å²) in [5.41, 5.74) is 5.05. The summed E-state index contributed by atoms with van der Waals surface area (Å²) in [6, 6.07) is 16.8. The van der Waals surface area contributed by atoms with E-state index in [1.54, 1.807) is 32.5 Å². The summed E-state index contributed by atoms with van der Waals surface area (Å²) < 4.78 is 12.2. The lowest BCUT2D eigenvalue weighted by Gasteiger charge is -2.17. The Kier molecular flexibility index (Phi) is 5.24. The van der Waals surface area contributed by atoms with Gasteiger partial charge in [-0.15, -0.1) is 0 Å². The quantitative estimate of drug-likeness (QED) is 0.499. The normalized spacial score (nSPS) is 10.5. The van der Waals surface area contributed by atoms with Gasteiger partial charge in [-0.1, -0.05) is 24.3 Å². The minimum atomic E-state index is -0.450. The molecule has 2 aromatic carbocycles. The van der Waals surface area contributed by atoms with Crippen molar-refractivity contribution in [3.8, 4) is 34.5 Å². The Bertz CT molecular complexity index is 1290. The zero-order chi connectivity index (χ0) is 22.0. The fourth-order valence-electron chi connectivity index (χ4n) is 3.36. The first-order valence-corrected chi connectivity index (χ1v) is 9.41. The van der Waals surface area contributed by atoms with E-state index in [9.17, 15) is 4.79 Å². The van der Waals surface area contributed by atoms with Gasteiger partial charge in [-0.05, 0) is 24.3 Å². The van der Waals surface area contributed by atoms with Crippen molar-refractivity contribution in [1.82, 2.24) is 14.4 Å². The van der Waals surface area contributed by atoms with Crippen molar-refractivity contribution >= 4 is 17.4 Å². The highest BCUT2D eigenvalue weighted by molar-refractivity contribution is 5.88. The van der Waals surface area contributed by atoms with Gasteiger partial charge in [0, 0.05) is 36.3 Å². The second kappa shape index (κ2) is 8.16. The predicted molar refractivity (Wildman–Crippen MR) is 116 cm³/mol. The van der Waals surface area contributed by atoms with Gasteiger partial charge < -0.3 is 9.47 Å². The number of carbonyl (C=O) groups excluding carboxylic acids is 1. The molecular weight excluding hydrogens is 394 g/mol. The molecule has 0 unspecified atom stereocenters. The molecule has 4 rings (SSSR count). The Morgan fingerprint density at radius 1 is 1.06 bits per heavy atom. The summed E-state index contributed by atoms with van der Waals surface area (Å²) in [5, 5.41) is 9.12. The lowest BCUT2D eigenvalue weighted by atomic mass is 10.0. The summed E-state index contributed by atoms with van der Waals surface area (Å²) >= 11 is 0. The molecule has 0 bridgehead atoms. The van der Waals surface area contributed by atoms with Crippen LogP contribution in [0.4, 0.5) is 10.5 Å². The van der Waals surface area contributed by atoms with Crippen LogP contribution in [0.25, 0.3) is 28.2 Å². The third kappa shape index (κ3) is 3.53. The number of nitrogens with zero attached hydrogens (tertiary/aromatic N) is 5. The van der Waals surface area contributed by atoms with E-state index in [1.807, 2.05) is 47.0 Å². The molecule has 0 saturated heterocycles. The number of nitriles is 1. The van der Waals surface area contributed by atoms with Crippen LogP contribution in [0.15, 0.2) is 60.9 Å². The predicted octanol–water partition coefficient (Wildman–Crippen LogP) is 4.15. The Balaban J connectivity index is 1.91. The van der Waals surface area contributed by atoms with Gasteiger partial charge in [-0.25, -0.2) is 14.8 Å². The van der Waals surface area contributed by atoms with Crippen LogP contribution < -0.4 is 9.64 Å². The van der Waals surface area contributed by atoms with Crippen LogP contribution in [-0.4, -0.2) is 41.7 Å². The minimum Gasteiger partial charge on any atom is -0.478 e. The van der Waals surface area contributed by atoms with Crippen molar-refractivity contribution in [3.63, 3.8) is 0 Å². The SMILES string of the molecule is COC(=O)N(C)c1ccc(-c2c(-c3ccc(C#N)cc3)nc(OC)c3nccn23)cc1. The van der Waals surface area contributed by atoms with E-state index in [0.717, 1.165) is 16.8 Å². The van der Waals surface area contributed by atoms with Crippen molar-refractivity contribution in [2.45, 2.75) is 0 Å². The number of ether oxygens (including phenoxy) is 2. The first kappa shape index (κ1) is 19.9. The highest BCUT2D eigenvalue weighted by Crippen LogP contribution is 2.35. The molecule has 8 nitrogen and oxygen atoms in total. The average molecular weight is 413 g/mol. The van der Waals surface area contributed by atoms with Gasteiger partial charge in [-0.2, -0.15) is 5.26 Å². The molecule has 0 N–H and O–H groups in total. The van der Waals surface area contributed by atoms with Gasteiger partial charge >= 0.3 is 6.09 Å². The average Bonchev–Trinajstić information content (AvgIpc) is 3.32. The molecule has 2 heterocycles. The van der Waals surface area contributed by atoms with Crippen molar-refractivity contribution in [1.29, 1.82) is 5.26 Å². The van der Waals surface area contributed by atoms with Crippen LogP contribution in [0.3, 0.4) is 0 Å². The number of aromatic nitrogens is 3. The van der Waals surface area contributed by atoms with Crippen LogP contribution >= 0.6 is 0 Å². The summed E-state index contributed by atoms with van der Waals surface area (Å²) in [5.74, 6) is 0.398. The second-order valence-electron chi connectivity index (χ2n) is 6.70. The van der Waals surface area contributed by atoms with E-state index in [1.165, 1.54) is 12.0 Å². The summed E-state index contributed by atoms with van der Waals surface area (Å²) in [6.45, 7) is 0. The number of anilines is 1. The molecule has 0 aliphatic heterocycles. The van der Waals surface area contributed by atoms with Crippen LogP contribution in [-0.2, 0) is 4.74 Å². The fraction of sp³-hybridized carbons (Fsp3) is 0.130. The van der Waals surface area contributed by atoms with Crippen LogP contribution in [0, 0.1) is 11.3 Å². The van der Waals surface area contributed by atoms with Gasteiger partial charge in [0.1, 0.15) is 0 Å². The molecule has 0 atom stereocenters. The molecule has 8 heteroatoms. The molecule has 0 aliphatic carbocycles. The number of amides is 1. The molecule has 2 aromatic heterocycles. The Hall–Kier alpha value is -4.38. The topological polar surface area (TPSA) is 92.8 Å². The maximum atomic E-state index is 11.8. The Labute approximate surface area is 178 Å². The van der Waals surface area contributed by atoms with Crippen LogP contribution in [0.2, 0.25) is 0 Å². The first-order valence-electron chi connectivity index (χ1n) is 9.41. The fourth-order valence-corrected chi connectivity index (χ4v) is 3.36. The largest absolute Gasteiger partial charge is 0.478 e. The molecule has 31 heavy (non-hydrogen) atoms. The van der Waals surface area contributed by atoms with E-state index in [0.29, 0.717) is 28.5 Å². The number of rotatable bonds is 4. The number of fused-ring (bicyclic) bond motifs is 1. The standard InChI is InChI=1S/C23H19N5O3/c1-27(23(29)31-3)18-10-8-17(9-11-18)20-19(16-6-4-15(14-24)5-7-16)26-22(30-2)21-25-12-13-28(20)21/h4-13H,1-3H3. The van der Waals surface area contributed by atoms with Gasteiger partial charge in [0.15, 0.2) is 0 Å². The number of imidazole rings is 1. The van der Waals surface area contributed by atoms with E-state index in [4.69, 9.17) is 19.7 Å². The van der Waals surface area contributed by atoms with Gasteiger partial charge in [0.2, 0.25) is 5.65 Å². The highest BCUT2D eigenvalue weighted by Gasteiger charge is 2.19. The number of benzene rings is 2. The van der Waals surface area contributed by atoms with Crippen molar-refractivity contribution < 1.29 is 14.3 Å². The zero-order valence-electron chi connectivity index (χ0n) is 17.2. The Morgan fingerprint density at radius 2 is 1.74 bits per heavy atom. The Morgan fingerprint density at radius 3 is 2.35 bits per heavy atom. The summed E-state index contributed by atoms with van der Waals surface area (Å²) in [6.07, 6.45) is 3.08. The summed E-state index contributed by atoms with van der Waals surface area (Å²) in [4.78, 5) is 22.3. The maximum absolute atomic E-state index is 11.8. The molecule has 1 amide bonds. The molecule has 4 aromatic rings. The first-order chi connectivity index (χ1) is 15.1. The zero-order valence-corrected chi connectivity index (χ0v) is 17.2. The van der Waals surface area contributed by atoms with E-state index in [-0.39, 0.29) is 0 Å². The monoisotopic (exact) mass is 413 g/mol. The van der Waals surface area contributed by atoms with Gasteiger partial charge in [0.25, 0.3) is 5.88 Å². The van der Waals surface area contributed by atoms with E-state index in [2.05, 4.69) is 11.1 Å². The number of carbonyl (C=O) groups is 1. The molecule has 0 fully saturated rings. The molecule has 0 radical (unpaired) electrons. The number of methoxy groups -OCH3 is 2. The molecule has 154 valence electrons. The highest BCUT2D eigenvalue weighted by atomic mass is 16.5. The third-order valence-corrected chi connectivity index (χ3v) is 4.97. The smallest absolute Gasteiger partial charge is 0.413 e. The lowest BCUT2D eigenvalue weighted by Crippen LogP contribution is -2.25. The van der Waals surface area contributed by atoms with Gasteiger partial charge in [-0.3, -0.25) is 9.30 Å². The molecule has 0 aliphatic rings. The molecule has 0 spiro atoms.